The van der Waals surface area contributed by atoms with Crippen LogP contribution in [-0.2, 0) is 9.47 Å². The Morgan fingerprint density at radius 3 is 2.67 bits per heavy atom. The molecule has 0 aliphatic heterocycles. The van der Waals surface area contributed by atoms with Crippen LogP contribution < -0.4 is 10.6 Å². The summed E-state index contributed by atoms with van der Waals surface area (Å²) in [6.45, 7) is 6.54. The maximum absolute atomic E-state index is 13.2. The van der Waals surface area contributed by atoms with Gasteiger partial charge >= 0.3 is 6.09 Å². The molecule has 0 fully saturated rings. The molecule has 0 aromatic heterocycles. The lowest BCUT2D eigenvalue weighted by Gasteiger charge is -2.21. The molecule has 0 aliphatic rings. The Kier molecular flexibility index (Phi) is 8.75. The van der Waals surface area contributed by atoms with Crippen molar-refractivity contribution in [3.05, 3.63) is 27.6 Å². The minimum Gasteiger partial charge on any atom is -0.444 e. The highest BCUT2D eigenvalue weighted by molar-refractivity contribution is 14.1. The topological polar surface area (TPSA) is 59.6 Å². The summed E-state index contributed by atoms with van der Waals surface area (Å²) in [5.74, 6) is -0.255. The first kappa shape index (κ1) is 21.0. The first-order valence-corrected chi connectivity index (χ1v) is 8.96. The number of ether oxygens (including phenoxy) is 2. The van der Waals surface area contributed by atoms with Crippen LogP contribution in [0, 0.1) is 9.39 Å². The number of alkyl carbamates (subject to hydrolysis) is 1. The average molecular weight is 452 g/mol. The lowest BCUT2D eigenvalue weighted by Crippen LogP contribution is -2.34. The van der Waals surface area contributed by atoms with Crippen LogP contribution in [0.2, 0.25) is 0 Å². The number of hydrogen-bond donors (Lipinski definition) is 2. The van der Waals surface area contributed by atoms with Crippen LogP contribution in [-0.4, -0.2) is 38.0 Å². The number of benzene rings is 1. The monoisotopic (exact) mass is 452 g/mol. The van der Waals surface area contributed by atoms with E-state index in [4.69, 9.17) is 9.47 Å². The summed E-state index contributed by atoms with van der Waals surface area (Å²) in [4.78, 5) is 11.6. The average Bonchev–Trinajstić information content (AvgIpc) is 2.44. The third kappa shape index (κ3) is 8.68. The molecule has 1 aromatic rings. The first-order chi connectivity index (χ1) is 11.2. The van der Waals surface area contributed by atoms with Gasteiger partial charge in [-0.25, -0.2) is 9.18 Å². The third-order valence-corrected chi connectivity index (χ3v) is 3.95. The maximum atomic E-state index is 13.2. The van der Waals surface area contributed by atoms with Crippen molar-refractivity contribution < 1.29 is 18.7 Å². The maximum Gasteiger partial charge on any atom is 0.407 e. The Hall–Kier alpha value is -1.09. The highest BCUT2D eigenvalue weighted by atomic mass is 127. The minimum absolute atomic E-state index is 0.0782. The highest BCUT2D eigenvalue weighted by Gasteiger charge is 2.16. The van der Waals surface area contributed by atoms with Gasteiger partial charge in [0.25, 0.3) is 0 Å². The van der Waals surface area contributed by atoms with E-state index in [2.05, 4.69) is 33.2 Å². The Morgan fingerprint density at radius 1 is 1.38 bits per heavy atom. The van der Waals surface area contributed by atoms with Crippen LogP contribution in [0.3, 0.4) is 0 Å². The molecule has 24 heavy (non-hydrogen) atoms. The van der Waals surface area contributed by atoms with Gasteiger partial charge in [-0.05, 0) is 74.4 Å². The molecule has 0 bridgehead atoms. The summed E-state index contributed by atoms with van der Waals surface area (Å²) >= 11 is 2.10. The van der Waals surface area contributed by atoms with E-state index in [9.17, 15) is 9.18 Å². The molecule has 1 amide bonds. The van der Waals surface area contributed by atoms with Crippen molar-refractivity contribution in [2.45, 2.75) is 45.3 Å². The van der Waals surface area contributed by atoms with Gasteiger partial charge in [0.15, 0.2) is 0 Å². The Labute approximate surface area is 156 Å². The van der Waals surface area contributed by atoms with E-state index in [0.717, 1.165) is 22.1 Å². The second kappa shape index (κ2) is 10.0. The molecule has 0 spiro atoms. The predicted molar refractivity (Wildman–Crippen MR) is 102 cm³/mol. The van der Waals surface area contributed by atoms with Gasteiger partial charge < -0.3 is 20.1 Å². The molecule has 1 atom stereocenters. The van der Waals surface area contributed by atoms with Crippen LogP contribution in [0.25, 0.3) is 0 Å². The van der Waals surface area contributed by atoms with E-state index in [1.807, 2.05) is 20.8 Å². The smallest absolute Gasteiger partial charge is 0.407 e. The second-order valence-corrected chi connectivity index (χ2v) is 7.65. The molecule has 7 heteroatoms. The molecule has 0 aliphatic carbocycles. The summed E-state index contributed by atoms with van der Waals surface area (Å²) in [5.41, 5.74) is 0.378. The number of halogens is 2. The van der Waals surface area contributed by atoms with Crippen molar-refractivity contribution >= 4 is 34.4 Å². The molecule has 5 nitrogen and oxygen atoms in total. The van der Waals surface area contributed by atoms with Crippen LogP contribution in [0.15, 0.2) is 18.2 Å². The number of carbonyl (C=O) groups excluding carboxylic acids is 1. The van der Waals surface area contributed by atoms with Crippen molar-refractivity contribution in [3.8, 4) is 0 Å². The molecule has 0 heterocycles. The fourth-order valence-electron chi connectivity index (χ4n) is 2.08. The van der Waals surface area contributed by atoms with Gasteiger partial charge in [-0.1, -0.05) is 0 Å². The highest BCUT2D eigenvalue weighted by Crippen LogP contribution is 2.20. The number of methoxy groups -OCH3 is 1. The van der Waals surface area contributed by atoms with Crippen molar-refractivity contribution in [1.29, 1.82) is 0 Å². The molecule has 0 saturated heterocycles. The molecule has 136 valence electrons. The summed E-state index contributed by atoms with van der Waals surface area (Å²) < 4.78 is 24.4. The van der Waals surface area contributed by atoms with Crippen LogP contribution in [0.1, 0.15) is 33.6 Å². The molecule has 1 unspecified atom stereocenters. The zero-order valence-electron chi connectivity index (χ0n) is 14.6. The van der Waals surface area contributed by atoms with Crippen molar-refractivity contribution in [3.63, 3.8) is 0 Å². The molecule has 2 N–H and O–H groups in total. The normalized spacial score (nSPS) is 12.6. The van der Waals surface area contributed by atoms with Crippen LogP contribution >= 0.6 is 22.6 Å². The van der Waals surface area contributed by atoms with Gasteiger partial charge in [0.05, 0.1) is 6.61 Å². The van der Waals surface area contributed by atoms with Gasteiger partial charge in [-0.15, -0.1) is 0 Å². The lowest BCUT2D eigenvalue weighted by molar-refractivity contribution is 0.0526. The predicted octanol–water partition coefficient (Wildman–Crippen LogP) is 4.16. The number of nitrogens with one attached hydrogen (secondary N) is 2. The van der Waals surface area contributed by atoms with E-state index < -0.39 is 11.7 Å². The van der Waals surface area contributed by atoms with E-state index in [1.165, 1.54) is 12.1 Å². The number of carbonyl (C=O) groups is 1. The summed E-state index contributed by atoms with van der Waals surface area (Å²) in [7, 11) is 1.64. The lowest BCUT2D eigenvalue weighted by atomic mass is 10.1. The molecular weight excluding hydrogens is 426 g/mol. The molecule has 0 radical (unpaired) electrons. The van der Waals surface area contributed by atoms with Crippen LogP contribution in [0.5, 0.6) is 0 Å². The van der Waals surface area contributed by atoms with Gasteiger partial charge in [-0.3, -0.25) is 0 Å². The Morgan fingerprint density at radius 2 is 2.08 bits per heavy atom. The van der Waals surface area contributed by atoms with E-state index in [1.54, 1.807) is 13.2 Å². The van der Waals surface area contributed by atoms with Gasteiger partial charge in [-0.2, -0.15) is 0 Å². The summed E-state index contributed by atoms with van der Waals surface area (Å²) in [6.07, 6.45) is 1.17. The van der Waals surface area contributed by atoms with Crippen molar-refractivity contribution in [2.24, 2.45) is 0 Å². The Balaban J connectivity index is 2.42. The standard InChI is InChI=1S/C17H26FIN2O3/c1-17(2,3)24-16(22)20-9-5-6-13(11-23-4)21-15-8-7-12(18)10-14(15)19/h7-8,10,13,21H,5-6,9,11H2,1-4H3,(H,20,22). The third-order valence-electron chi connectivity index (χ3n) is 3.06. The second-order valence-electron chi connectivity index (χ2n) is 6.49. The fraction of sp³-hybridized carbons (Fsp3) is 0.588. The first-order valence-electron chi connectivity index (χ1n) is 7.88. The summed E-state index contributed by atoms with van der Waals surface area (Å²) in [5, 5.41) is 6.10. The molecule has 1 aromatic carbocycles. The largest absolute Gasteiger partial charge is 0.444 e. The fourth-order valence-corrected chi connectivity index (χ4v) is 2.71. The van der Waals surface area contributed by atoms with E-state index >= 15 is 0 Å². The quantitative estimate of drug-likeness (QED) is 0.460. The zero-order chi connectivity index (χ0) is 18.2. The SMILES string of the molecule is COCC(CCCNC(=O)OC(C)(C)C)Nc1ccc(F)cc1I. The summed E-state index contributed by atoms with van der Waals surface area (Å²) in [6, 6.07) is 4.71. The van der Waals surface area contributed by atoms with Crippen LogP contribution in [0.4, 0.5) is 14.9 Å². The molecule has 1 rings (SSSR count). The van der Waals surface area contributed by atoms with E-state index in [0.29, 0.717) is 13.2 Å². The number of anilines is 1. The number of amides is 1. The molecular formula is C17H26FIN2O3. The van der Waals surface area contributed by atoms with Gasteiger partial charge in [0.1, 0.15) is 11.4 Å². The van der Waals surface area contributed by atoms with E-state index in [-0.39, 0.29) is 11.9 Å². The van der Waals surface area contributed by atoms with Crippen molar-refractivity contribution in [2.75, 3.05) is 25.6 Å². The van der Waals surface area contributed by atoms with Gasteiger partial charge in [0, 0.05) is 29.0 Å². The minimum atomic E-state index is -0.497. The van der Waals surface area contributed by atoms with Crippen molar-refractivity contribution in [1.82, 2.24) is 5.32 Å². The molecule has 0 saturated carbocycles. The Bertz CT molecular complexity index is 535. The zero-order valence-corrected chi connectivity index (χ0v) is 16.8. The number of rotatable bonds is 8. The van der Waals surface area contributed by atoms with Gasteiger partial charge in [0.2, 0.25) is 0 Å². The number of hydrogen-bond acceptors (Lipinski definition) is 4.